The highest BCUT2D eigenvalue weighted by atomic mass is 32.2. The molecule has 1 aromatic heterocycles. The minimum atomic E-state index is -4.01. The van der Waals surface area contributed by atoms with Crippen molar-refractivity contribution in [3.63, 3.8) is 0 Å². The normalized spacial score (nSPS) is 35.0. The first-order valence-corrected chi connectivity index (χ1v) is 25.6. The van der Waals surface area contributed by atoms with Crippen molar-refractivity contribution < 1.29 is 41.8 Å². The second kappa shape index (κ2) is 17.1. The largest absolute Gasteiger partial charge is 0.489 e. The van der Waals surface area contributed by atoms with Gasteiger partial charge in [-0.15, -0.1) is 6.58 Å². The summed E-state index contributed by atoms with van der Waals surface area (Å²) < 4.78 is 47.7. The molecular weight excluding hydrogens is 837 g/mol. The number of hydrogen-bond acceptors (Lipinski definition) is 11. The molecule has 4 N–H and O–H groups in total. The topological polar surface area (TPSA) is 194 Å². The summed E-state index contributed by atoms with van der Waals surface area (Å²) in [4.78, 5) is 64.1. The maximum Gasteiger partial charge on any atom is 0.408 e. The number of piperidine rings is 1. The second-order valence-electron chi connectivity index (χ2n) is 20.5. The first-order valence-electron chi connectivity index (χ1n) is 24.1. The molecule has 4 bridgehead atoms. The van der Waals surface area contributed by atoms with Gasteiger partial charge in [0, 0.05) is 29.8 Å². The van der Waals surface area contributed by atoms with Crippen LogP contribution < -0.4 is 30.1 Å². The zero-order chi connectivity index (χ0) is 44.4. The molecule has 0 radical (unpaired) electrons. The molecule has 7 fully saturated rings. The molecule has 3 saturated heterocycles. The number of hydrogen-bond donors (Lipinski definition) is 4. The van der Waals surface area contributed by atoms with Gasteiger partial charge in [0.05, 0.1) is 22.4 Å². The van der Waals surface area contributed by atoms with Gasteiger partial charge in [-0.05, 0) is 114 Å². The molecule has 5 heterocycles. The van der Waals surface area contributed by atoms with Gasteiger partial charge in [0.2, 0.25) is 27.7 Å². The van der Waals surface area contributed by atoms with E-state index in [1.807, 2.05) is 18.2 Å². The van der Waals surface area contributed by atoms with Crippen LogP contribution >= 0.6 is 0 Å². The Hall–Kier alpha value is -4.44. The van der Waals surface area contributed by atoms with Crippen LogP contribution in [0.3, 0.4) is 0 Å². The van der Waals surface area contributed by atoms with Gasteiger partial charge in [0.15, 0.2) is 0 Å². The first-order chi connectivity index (χ1) is 30.8. The smallest absolute Gasteiger partial charge is 0.408 e. The molecule has 0 spiro atoms. The van der Waals surface area contributed by atoms with E-state index in [1.165, 1.54) is 4.90 Å². The van der Waals surface area contributed by atoms with Gasteiger partial charge in [-0.3, -0.25) is 19.1 Å². The Kier molecular flexibility index (Phi) is 11.6. The van der Waals surface area contributed by atoms with Crippen molar-refractivity contribution in [2.24, 2.45) is 17.8 Å². The predicted molar refractivity (Wildman–Crippen MR) is 238 cm³/mol. The van der Waals surface area contributed by atoms with Crippen molar-refractivity contribution in [3.05, 3.63) is 42.5 Å². The zero-order valence-corrected chi connectivity index (χ0v) is 37.8. The number of pyridine rings is 1. The highest BCUT2D eigenvalue weighted by molar-refractivity contribution is 7.91. The minimum absolute atomic E-state index is 0.0141. The number of rotatable bonds is 9. The summed E-state index contributed by atoms with van der Waals surface area (Å²) in [5.41, 5.74) is 0.0443. The van der Waals surface area contributed by atoms with E-state index >= 15 is 4.79 Å². The fourth-order valence-corrected chi connectivity index (χ4v) is 12.8. The lowest BCUT2D eigenvalue weighted by Crippen LogP contribution is -2.59. The number of nitrogens with zero attached hydrogens (tertiary/aromatic N) is 2. The van der Waals surface area contributed by atoms with Gasteiger partial charge < -0.3 is 35.1 Å². The van der Waals surface area contributed by atoms with Crippen LogP contribution in [-0.2, 0) is 35.6 Å². The lowest BCUT2D eigenvalue weighted by molar-refractivity contribution is -0.142. The van der Waals surface area contributed by atoms with E-state index in [-0.39, 0.29) is 43.4 Å². The Bertz CT molecular complexity index is 2290. The molecule has 2 aromatic rings. The van der Waals surface area contributed by atoms with Crippen molar-refractivity contribution in [1.82, 2.24) is 30.6 Å². The number of ether oxygens (including phenoxy) is 3. The average Bonchev–Trinajstić information content (AvgIpc) is 4.24. The molecule has 64 heavy (non-hydrogen) atoms. The lowest BCUT2D eigenvalue weighted by Gasteiger charge is -2.34. The molecule has 9 atom stereocenters. The van der Waals surface area contributed by atoms with E-state index in [1.54, 1.807) is 13.0 Å². The monoisotopic (exact) mass is 900 g/mol. The molecule has 4 saturated carbocycles. The number of carbonyl (C=O) groups is 4. The van der Waals surface area contributed by atoms with Crippen LogP contribution in [0.2, 0.25) is 0 Å². The second-order valence-corrected chi connectivity index (χ2v) is 22.7. The Morgan fingerprint density at radius 1 is 0.938 bits per heavy atom. The van der Waals surface area contributed by atoms with Crippen LogP contribution in [-0.4, -0.2) is 101 Å². The van der Waals surface area contributed by atoms with Crippen molar-refractivity contribution in [3.8, 4) is 11.6 Å². The summed E-state index contributed by atoms with van der Waals surface area (Å²) >= 11 is 0. The third-order valence-electron chi connectivity index (χ3n) is 15.9. The summed E-state index contributed by atoms with van der Waals surface area (Å²) in [6.07, 6.45) is 14.8. The molecule has 4 aliphatic carbocycles. The fourth-order valence-electron chi connectivity index (χ4n) is 11.5. The third kappa shape index (κ3) is 8.57. The zero-order valence-electron chi connectivity index (χ0n) is 37.0. The summed E-state index contributed by atoms with van der Waals surface area (Å²) in [6, 6.07) is 6.75. The van der Waals surface area contributed by atoms with E-state index in [2.05, 4.69) is 33.3 Å². The molecule has 1 aromatic carbocycles. The summed E-state index contributed by atoms with van der Waals surface area (Å²) in [6.45, 7) is 5.48. The predicted octanol–water partition coefficient (Wildman–Crippen LogP) is 5.48. The number of carbonyl (C=O) groups excluding carboxylic acids is 4. The van der Waals surface area contributed by atoms with Crippen LogP contribution in [0.5, 0.6) is 11.6 Å². The van der Waals surface area contributed by atoms with Crippen molar-refractivity contribution in [2.45, 2.75) is 182 Å². The molecule has 15 nitrogen and oxygen atoms in total. The molecule has 16 heteroatoms. The summed E-state index contributed by atoms with van der Waals surface area (Å²) in [5, 5.41) is 10.5. The molecule has 4 aliphatic heterocycles. The Morgan fingerprint density at radius 3 is 2.38 bits per heavy atom. The van der Waals surface area contributed by atoms with E-state index in [0.717, 1.165) is 112 Å². The fraction of sp³-hybridized carbons (Fsp3) is 0.688. The molecule has 346 valence electrons. The maximum absolute atomic E-state index is 15.1. The van der Waals surface area contributed by atoms with E-state index in [4.69, 9.17) is 19.2 Å². The standard InChI is InChI=1S/C48H64N6O9S/c1-3-30-26-48(30,45(57)53-64(59,60)47(2)20-21-47)52-42(55)38-25-34-27-54(38)44(56)40(28-12-6-4-7-13-28)51-46(58)63-39-22-29(39)14-8-5-9-16-36-41(61-33-23-31-18-19-32(24-33)49-31)35-15-10-11-17-37(35)50-43(36)62-34/h3,10-11,15,17,28-34,38-40,49H,1,4-9,12-14,16,18-27H2,2H3,(H,51,58)(H,52,55)(H,53,57)/t29-,30?,31?,32?,33?,34-,38+,39-,40+,48-/m1/s1. The third-order valence-corrected chi connectivity index (χ3v) is 18.1. The van der Waals surface area contributed by atoms with Gasteiger partial charge in [0.25, 0.3) is 5.91 Å². The minimum Gasteiger partial charge on any atom is -0.489 e. The molecule has 4 amide bonds. The van der Waals surface area contributed by atoms with Gasteiger partial charge in [-0.25, -0.2) is 18.2 Å². The molecule has 8 aliphatic rings. The first kappa shape index (κ1) is 43.5. The van der Waals surface area contributed by atoms with Crippen molar-refractivity contribution >= 4 is 44.7 Å². The Morgan fingerprint density at radius 2 is 1.66 bits per heavy atom. The van der Waals surface area contributed by atoms with Gasteiger partial charge in [0.1, 0.15) is 41.7 Å². The highest BCUT2D eigenvalue weighted by Crippen LogP contribution is 2.48. The van der Waals surface area contributed by atoms with Crippen LogP contribution in [0.1, 0.15) is 128 Å². The van der Waals surface area contributed by atoms with Gasteiger partial charge >= 0.3 is 6.09 Å². The van der Waals surface area contributed by atoms with Crippen LogP contribution in [0.25, 0.3) is 10.9 Å². The van der Waals surface area contributed by atoms with E-state index in [9.17, 15) is 22.8 Å². The molecule has 10 rings (SSSR count). The van der Waals surface area contributed by atoms with Crippen LogP contribution in [0.4, 0.5) is 4.79 Å². The number of para-hydroxylation sites is 1. The average molecular weight is 901 g/mol. The number of sulfonamides is 1. The van der Waals surface area contributed by atoms with E-state index in [0.29, 0.717) is 37.2 Å². The SMILES string of the molecule is C=CC1C[C@]1(NC(=O)[C@@H]1C[C@@H]2CN1C(=O)[C@H](C1CCCCC1)NC(=O)O[C@@H]1C[C@H]1CCCCCc1c(nc3ccccc3c1OC1CC3CCC(C1)N3)O2)C(=O)NS(=O)(=O)C1(C)CC1. The van der Waals surface area contributed by atoms with Crippen molar-refractivity contribution in [2.75, 3.05) is 6.54 Å². The van der Waals surface area contributed by atoms with Gasteiger partial charge in [-0.1, -0.05) is 50.3 Å². The summed E-state index contributed by atoms with van der Waals surface area (Å²) in [7, 11) is -4.01. The summed E-state index contributed by atoms with van der Waals surface area (Å²) in [5.74, 6) is -1.07. The Balaban J connectivity index is 0.997. The van der Waals surface area contributed by atoms with Crippen LogP contribution in [0, 0.1) is 17.8 Å². The number of benzene rings is 1. The maximum atomic E-state index is 15.1. The highest BCUT2D eigenvalue weighted by Gasteiger charge is 2.63. The van der Waals surface area contributed by atoms with Gasteiger partial charge in [-0.2, -0.15) is 0 Å². The van der Waals surface area contributed by atoms with E-state index < -0.39 is 68.2 Å². The number of aromatic nitrogens is 1. The number of amides is 4. The number of fused-ring (bicyclic) bond motifs is 7. The lowest BCUT2D eigenvalue weighted by atomic mass is 9.83. The Labute approximate surface area is 376 Å². The van der Waals surface area contributed by atoms with Crippen molar-refractivity contribution in [1.29, 1.82) is 0 Å². The number of nitrogens with one attached hydrogen (secondary N) is 4. The molecular formula is C48H64N6O9S. The van der Waals surface area contributed by atoms with Crippen LogP contribution in [0.15, 0.2) is 36.9 Å². The number of alkyl carbamates (subject to hydrolysis) is 1. The molecule has 3 unspecified atom stereocenters. The quantitative estimate of drug-likeness (QED) is 0.233.